The van der Waals surface area contributed by atoms with Crippen molar-refractivity contribution in [2.45, 2.75) is 6.54 Å². The van der Waals surface area contributed by atoms with Crippen LogP contribution in [0.25, 0.3) is 5.73 Å². The molecule has 0 bridgehead atoms. The van der Waals surface area contributed by atoms with Crippen LogP contribution in [-0.2, 0) is 57.8 Å². The van der Waals surface area contributed by atoms with Gasteiger partial charge in [-0.15, -0.1) is 6.54 Å². The molecule has 0 aliphatic rings. The Labute approximate surface area is 119 Å². The number of nitrogens with one attached hydrogen (secondary N) is 1. The van der Waals surface area contributed by atoms with Crippen molar-refractivity contribution in [3.8, 4) is 0 Å². The molecule has 1 aromatic carbocycles. The van der Waals surface area contributed by atoms with Gasteiger partial charge in [0, 0.05) is 62.9 Å². The molecule has 14 heavy (non-hydrogen) atoms. The molecule has 5 nitrogen and oxygen atoms in total. The third-order valence-electron chi connectivity index (χ3n) is 1.38. The van der Waals surface area contributed by atoms with Gasteiger partial charge in [0.15, 0.2) is 0 Å². The molecule has 7 heteroatoms. The summed E-state index contributed by atoms with van der Waals surface area (Å²) in [7, 11) is 0. The number of hydrogen-bond donors (Lipinski definition) is 0. The number of benzene rings is 1. The van der Waals surface area contributed by atoms with Gasteiger partial charge in [0.2, 0.25) is 0 Å². The van der Waals surface area contributed by atoms with E-state index in [2.05, 4.69) is 0 Å². The van der Waals surface area contributed by atoms with Gasteiger partial charge < -0.3 is 11.2 Å². The maximum Gasteiger partial charge on any atom is 0.270 e. The van der Waals surface area contributed by atoms with Gasteiger partial charge in [-0.1, -0.05) is 18.2 Å². The third kappa shape index (κ3) is 5.19. The monoisotopic (exact) mass is 309 g/mol. The second-order valence-corrected chi connectivity index (χ2v) is 2.06. The van der Waals surface area contributed by atoms with E-state index in [0.29, 0.717) is 5.56 Å². The maximum atomic E-state index is 10.3. The van der Waals surface area contributed by atoms with Gasteiger partial charge in [-0.05, 0) is 0 Å². The van der Waals surface area contributed by atoms with Gasteiger partial charge in [-0.3, -0.25) is 10.1 Å². The topological polar surface area (TPSA) is 98.4 Å². The molecule has 0 saturated carbocycles. The van der Waals surface area contributed by atoms with Crippen LogP contribution in [0.3, 0.4) is 0 Å². The molecule has 2 radical (unpaired) electrons. The van der Waals surface area contributed by atoms with Crippen molar-refractivity contribution in [2.75, 3.05) is 0 Å². The average molecular weight is 309 g/mol. The van der Waals surface area contributed by atoms with E-state index in [0.717, 1.165) is 0 Å². The summed E-state index contributed by atoms with van der Waals surface area (Å²) in [5.74, 6) is 0. The zero-order valence-corrected chi connectivity index (χ0v) is 11.5. The standard InChI is InChI=1S/C7H7N2O2.H2O.V.Y/c8-5-6-3-1-2-4-7(6)9(10)11;;;/h1-4,8H,5H2;1H2;;/q-1;;;. The molecule has 0 atom stereocenters. The van der Waals surface area contributed by atoms with Crippen LogP contribution in [0.15, 0.2) is 24.3 Å². The number of para-hydroxylation sites is 1. The Morgan fingerprint density at radius 1 is 1.36 bits per heavy atom. The van der Waals surface area contributed by atoms with Crippen molar-refractivity contribution in [2.24, 2.45) is 0 Å². The van der Waals surface area contributed by atoms with Crippen molar-refractivity contribution in [3.05, 3.63) is 45.7 Å². The first-order valence-electron chi connectivity index (χ1n) is 3.12. The molecule has 0 aromatic heterocycles. The number of hydrogen-bond acceptors (Lipinski definition) is 2. The summed E-state index contributed by atoms with van der Waals surface area (Å²) < 4.78 is 0. The molecule has 0 aliphatic carbocycles. The normalized spacial score (nSPS) is 7.50. The Hall–Kier alpha value is 0.228. The van der Waals surface area contributed by atoms with E-state index in [-0.39, 0.29) is 69.0 Å². The predicted octanol–water partition coefficient (Wildman–Crippen LogP) is 1.32. The second kappa shape index (κ2) is 9.77. The quantitative estimate of drug-likeness (QED) is 0.608. The minimum atomic E-state index is -0.468. The first-order valence-corrected chi connectivity index (χ1v) is 3.12. The molecule has 0 saturated heterocycles. The molecule has 0 unspecified atom stereocenters. The summed E-state index contributed by atoms with van der Waals surface area (Å²) >= 11 is 0. The summed E-state index contributed by atoms with van der Waals surface area (Å²) in [5.41, 5.74) is 7.46. The van der Waals surface area contributed by atoms with Crippen LogP contribution in [0.4, 0.5) is 5.69 Å². The smallest absolute Gasteiger partial charge is 0.270 e. The molecule has 1 rings (SSSR count). The van der Waals surface area contributed by atoms with Crippen LogP contribution < -0.4 is 0 Å². The third-order valence-corrected chi connectivity index (χ3v) is 1.38. The zero-order chi connectivity index (χ0) is 8.27. The van der Waals surface area contributed by atoms with E-state index in [1.165, 1.54) is 6.07 Å². The number of nitro benzene ring substituents is 1. The minimum Gasteiger partial charge on any atom is -0.673 e. The number of nitro groups is 1. The zero-order valence-electron chi connectivity index (χ0n) is 7.30. The molecule has 0 heterocycles. The van der Waals surface area contributed by atoms with Crippen LogP contribution in [0.1, 0.15) is 5.56 Å². The van der Waals surface area contributed by atoms with Crippen molar-refractivity contribution >= 4 is 5.69 Å². The van der Waals surface area contributed by atoms with E-state index in [4.69, 9.17) is 5.73 Å². The SMILES string of the molecule is O.[NH-]Cc1ccccc1[N+](=O)[O-].[V].[Y]. The second-order valence-electron chi connectivity index (χ2n) is 2.06. The Kier molecular flexibility index (Phi) is 13.8. The van der Waals surface area contributed by atoms with Gasteiger partial charge in [0.25, 0.3) is 5.69 Å². The largest absolute Gasteiger partial charge is 0.673 e. The predicted molar refractivity (Wildman–Crippen MR) is 44.7 cm³/mol. The minimum absolute atomic E-state index is 0. The molecule has 0 spiro atoms. The van der Waals surface area contributed by atoms with Crippen LogP contribution in [0.2, 0.25) is 0 Å². The van der Waals surface area contributed by atoms with Crippen molar-refractivity contribution in [1.29, 1.82) is 0 Å². The molecular formula is C7H9N2O3VY-. The summed E-state index contributed by atoms with van der Waals surface area (Å²) in [6.45, 7) is -0.0445. The number of nitrogens with zero attached hydrogens (tertiary/aromatic N) is 1. The van der Waals surface area contributed by atoms with E-state index in [1.54, 1.807) is 18.2 Å². The van der Waals surface area contributed by atoms with Gasteiger partial charge in [0.1, 0.15) is 0 Å². The first kappa shape index (κ1) is 19.7. The summed E-state index contributed by atoms with van der Waals surface area (Å²) in [6.07, 6.45) is 0. The van der Waals surface area contributed by atoms with Crippen LogP contribution in [0, 0.1) is 10.1 Å². The van der Waals surface area contributed by atoms with Crippen molar-refractivity contribution in [1.82, 2.24) is 0 Å². The molecular weight excluding hydrogens is 300 g/mol. The maximum absolute atomic E-state index is 10.3. The van der Waals surface area contributed by atoms with E-state index in [1.807, 2.05) is 0 Å². The van der Waals surface area contributed by atoms with Gasteiger partial charge in [0.05, 0.1) is 4.92 Å². The first-order chi connectivity index (χ1) is 5.25. The summed E-state index contributed by atoms with van der Waals surface area (Å²) in [5, 5.41) is 10.3. The van der Waals surface area contributed by atoms with Crippen LogP contribution in [-0.4, -0.2) is 10.4 Å². The van der Waals surface area contributed by atoms with Crippen LogP contribution >= 0.6 is 0 Å². The Morgan fingerprint density at radius 3 is 2.21 bits per heavy atom. The fourth-order valence-electron chi connectivity index (χ4n) is 0.838. The van der Waals surface area contributed by atoms with E-state index >= 15 is 0 Å². The summed E-state index contributed by atoms with van der Waals surface area (Å²) in [4.78, 5) is 9.83. The molecule has 0 fully saturated rings. The average Bonchev–Trinajstić information content (AvgIpc) is 2.04. The van der Waals surface area contributed by atoms with Gasteiger partial charge >= 0.3 is 0 Å². The van der Waals surface area contributed by atoms with Crippen molar-refractivity contribution < 1.29 is 61.7 Å². The Morgan fingerprint density at radius 2 is 1.86 bits per heavy atom. The number of rotatable bonds is 2. The van der Waals surface area contributed by atoms with Gasteiger partial charge in [-0.2, -0.15) is 0 Å². The van der Waals surface area contributed by atoms with Crippen LogP contribution in [0.5, 0.6) is 0 Å². The Bertz CT molecular complexity index is 285. The molecule has 0 amide bonds. The molecule has 3 N–H and O–H groups in total. The Balaban J connectivity index is -0.000000403. The van der Waals surface area contributed by atoms with E-state index in [9.17, 15) is 10.1 Å². The van der Waals surface area contributed by atoms with E-state index < -0.39 is 4.92 Å². The van der Waals surface area contributed by atoms with Crippen molar-refractivity contribution in [3.63, 3.8) is 0 Å². The molecule has 1 aromatic rings. The summed E-state index contributed by atoms with van der Waals surface area (Å²) in [6, 6.07) is 6.28. The molecule has 0 aliphatic heterocycles. The fraction of sp³-hybridized carbons (Fsp3) is 0.143. The van der Waals surface area contributed by atoms with Gasteiger partial charge in [-0.25, -0.2) is 0 Å². The fourth-order valence-corrected chi connectivity index (χ4v) is 0.838. The molecule has 74 valence electrons.